The van der Waals surface area contributed by atoms with Gasteiger partial charge in [0.1, 0.15) is 11.9 Å². The fourth-order valence-corrected chi connectivity index (χ4v) is 2.51. The predicted octanol–water partition coefficient (Wildman–Crippen LogP) is 2.76. The van der Waals surface area contributed by atoms with E-state index in [9.17, 15) is 0 Å². The summed E-state index contributed by atoms with van der Waals surface area (Å²) in [7, 11) is 0. The smallest absolute Gasteiger partial charge is 0.143 e. The van der Waals surface area contributed by atoms with Crippen LogP contribution in [0.3, 0.4) is 0 Å². The zero-order valence-corrected chi connectivity index (χ0v) is 9.18. The van der Waals surface area contributed by atoms with Crippen LogP contribution >= 0.6 is 0 Å². The van der Waals surface area contributed by atoms with Crippen LogP contribution in [0.2, 0.25) is 0 Å². The standard InChI is InChI=1S/C13H17NO/c1-9-8-14-12-6-10-4-2-3-5-11(10)7-13(12)15-9/h6-7,9,14H,2-5,8H2,1H3. The van der Waals surface area contributed by atoms with Crippen LogP contribution in [0.15, 0.2) is 12.1 Å². The molecule has 1 aliphatic carbocycles. The second-order valence-corrected chi connectivity index (χ2v) is 4.63. The first kappa shape index (κ1) is 9.08. The van der Waals surface area contributed by atoms with Crippen LogP contribution in [0.4, 0.5) is 5.69 Å². The van der Waals surface area contributed by atoms with Crippen LogP contribution in [0, 0.1) is 0 Å². The molecule has 1 aliphatic heterocycles. The van der Waals surface area contributed by atoms with Gasteiger partial charge in [-0.1, -0.05) is 0 Å². The maximum atomic E-state index is 5.84. The lowest BCUT2D eigenvalue weighted by Gasteiger charge is -2.27. The van der Waals surface area contributed by atoms with Crippen molar-refractivity contribution < 1.29 is 4.74 Å². The third-order valence-electron chi connectivity index (χ3n) is 3.35. The highest BCUT2D eigenvalue weighted by Crippen LogP contribution is 2.35. The minimum absolute atomic E-state index is 0.291. The molecule has 1 unspecified atom stereocenters. The van der Waals surface area contributed by atoms with Crippen LogP contribution in [0.5, 0.6) is 5.75 Å². The second kappa shape index (κ2) is 3.44. The summed E-state index contributed by atoms with van der Waals surface area (Å²) >= 11 is 0. The lowest BCUT2D eigenvalue weighted by atomic mass is 9.91. The van der Waals surface area contributed by atoms with Crippen molar-refractivity contribution in [2.24, 2.45) is 0 Å². The molecule has 2 nitrogen and oxygen atoms in total. The van der Waals surface area contributed by atoms with Gasteiger partial charge in [-0.3, -0.25) is 0 Å². The zero-order valence-electron chi connectivity index (χ0n) is 9.18. The van der Waals surface area contributed by atoms with Crippen LogP contribution < -0.4 is 10.1 Å². The molecule has 0 saturated carbocycles. The number of fused-ring (bicyclic) bond motifs is 2. The molecule has 2 heteroatoms. The summed E-state index contributed by atoms with van der Waals surface area (Å²) in [5.41, 5.74) is 4.20. The largest absolute Gasteiger partial charge is 0.487 e. The Labute approximate surface area is 90.6 Å². The quantitative estimate of drug-likeness (QED) is 0.700. The Kier molecular flexibility index (Phi) is 2.08. The van der Waals surface area contributed by atoms with E-state index in [0.29, 0.717) is 6.10 Å². The Morgan fingerprint density at radius 1 is 1.20 bits per heavy atom. The lowest BCUT2D eigenvalue weighted by Crippen LogP contribution is -2.28. The molecule has 0 spiro atoms. The van der Waals surface area contributed by atoms with Crippen LogP contribution in [0.1, 0.15) is 30.9 Å². The van der Waals surface area contributed by atoms with E-state index >= 15 is 0 Å². The maximum Gasteiger partial charge on any atom is 0.143 e. The molecule has 80 valence electrons. The Bertz CT molecular complexity index is 386. The average Bonchev–Trinajstić information content (AvgIpc) is 2.26. The van der Waals surface area contributed by atoms with Gasteiger partial charge in [-0.25, -0.2) is 0 Å². The molecule has 0 fully saturated rings. The van der Waals surface area contributed by atoms with E-state index in [0.717, 1.165) is 12.3 Å². The van der Waals surface area contributed by atoms with E-state index in [2.05, 4.69) is 24.4 Å². The number of rotatable bonds is 0. The van der Waals surface area contributed by atoms with Gasteiger partial charge >= 0.3 is 0 Å². The molecule has 1 atom stereocenters. The van der Waals surface area contributed by atoms with Crippen molar-refractivity contribution in [3.8, 4) is 5.75 Å². The fraction of sp³-hybridized carbons (Fsp3) is 0.538. The Balaban J connectivity index is 2.02. The number of benzene rings is 1. The monoisotopic (exact) mass is 203 g/mol. The molecule has 1 aromatic rings. The lowest BCUT2D eigenvalue weighted by molar-refractivity contribution is 0.225. The normalized spacial score (nSPS) is 23.4. The number of hydrogen-bond donors (Lipinski definition) is 1. The summed E-state index contributed by atoms with van der Waals surface area (Å²) in [5.74, 6) is 1.05. The van der Waals surface area contributed by atoms with Crippen molar-refractivity contribution >= 4 is 5.69 Å². The van der Waals surface area contributed by atoms with E-state index < -0.39 is 0 Å². The maximum absolute atomic E-state index is 5.84. The van der Waals surface area contributed by atoms with E-state index in [1.165, 1.54) is 42.5 Å². The van der Waals surface area contributed by atoms with Gasteiger partial charge < -0.3 is 10.1 Å². The number of nitrogens with one attached hydrogen (secondary N) is 1. The highest BCUT2D eigenvalue weighted by atomic mass is 16.5. The van der Waals surface area contributed by atoms with Crippen LogP contribution in [-0.2, 0) is 12.8 Å². The van der Waals surface area contributed by atoms with E-state index in [4.69, 9.17) is 4.74 Å². The van der Waals surface area contributed by atoms with Crippen molar-refractivity contribution in [3.05, 3.63) is 23.3 Å². The first-order valence-corrected chi connectivity index (χ1v) is 5.89. The van der Waals surface area contributed by atoms with Gasteiger partial charge in [-0.2, -0.15) is 0 Å². The van der Waals surface area contributed by atoms with Crippen molar-refractivity contribution in [3.63, 3.8) is 0 Å². The minimum atomic E-state index is 0.291. The van der Waals surface area contributed by atoms with E-state index in [1.54, 1.807) is 0 Å². The van der Waals surface area contributed by atoms with Crippen LogP contribution in [0.25, 0.3) is 0 Å². The Morgan fingerprint density at radius 3 is 2.73 bits per heavy atom. The summed E-state index contributed by atoms with van der Waals surface area (Å²) in [4.78, 5) is 0. The SMILES string of the molecule is CC1CNc2cc3c(cc2O1)CCCC3. The van der Waals surface area contributed by atoms with Gasteiger partial charge in [0, 0.05) is 0 Å². The molecular weight excluding hydrogens is 186 g/mol. The van der Waals surface area contributed by atoms with Gasteiger partial charge in [-0.15, -0.1) is 0 Å². The van der Waals surface area contributed by atoms with Gasteiger partial charge in [-0.05, 0) is 55.9 Å². The molecule has 2 aliphatic rings. The third kappa shape index (κ3) is 1.58. The topological polar surface area (TPSA) is 21.3 Å². The average molecular weight is 203 g/mol. The minimum Gasteiger partial charge on any atom is -0.487 e. The number of ether oxygens (including phenoxy) is 1. The zero-order chi connectivity index (χ0) is 10.3. The van der Waals surface area contributed by atoms with Crippen molar-refractivity contribution in [2.75, 3.05) is 11.9 Å². The Hall–Kier alpha value is -1.18. The van der Waals surface area contributed by atoms with Crippen molar-refractivity contribution in [1.29, 1.82) is 0 Å². The highest BCUT2D eigenvalue weighted by molar-refractivity contribution is 5.62. The molecule has 1 N–H and O–H groups in total. The molecule has 0 bridgehead atoms. The summed E-state index contributed by atoms with van der Waals surface area (Å²) in [6.07, 6.45) is 5.41. The molecule has 0 radical (unpaired) electrons. The molecule has 1 heterocycles. The number of hydrogen-bond acceptors (Lipinski definition) is 2. The summed E-state index contributed by atoms with van der Waals surface area (Å²) in [6, 6.07) is 4.53. The first-order chi connectivity index (χ1) is 7.33. The fourth-order valence-electron chi connectivity index (χ4n) is 2.51. The molecule has 15 heavy (non-hydrogen) atoms. The molecule has 0 saturated heterocycles. The third-order valence-corrected chi connectivity index (χ3v) is 3.35. The summed E-state index contributed by atoms with van der Waals surface area (Å²) in [6.45, 7) is 3.03. The van der Waals surface area contributed by atoms with E-state index in [-0.39, 0.29) is 0 Å². The predicted molar refractivity (Wildman–Crippen MR) is 61.7 cm³/mol. The van der Waals surface area contributed by atoms with Gasteiger partial charge in [0.25, 0.3) is 0 Å². The summed E-state index contributed by atoms with van der Waals surface area (Å²) < 4.78 is 5.84. The second-order valence-electron chi connectivity index (χ2n) is 4.63. The van der Waals surface area contributed by atoms with Crippen molar-refractivity contribution in [2.45, 2.75) is 38.7 Å². The molecular formula is C13H17NO. The van der Waals surface area contributed by atoms with Gasteiger partial charge in [0.15, 0.2) is 0 Å². The molecule has 1 aromatic carbocycles. The van der Waals surface area contributed by atoms with Gasteiger partial charge in [0.2, 0.25) is 0 Å². The Morgan fingerprint density at radius 2 is 1.93 bits per heavy atom. The van der Waals surface area contributed by atoms with Crippen molar-refractivity contribution in [1.82, 2.24) is 0 Å². The first-order valence-electron chi connectivity index (χ1n) is 5.89. The van der Waals surface area contributed by atoms with Gasteiger partial charge in [0.05, 0.1) is 12.2 Å². The molecule has 0 amide bonds. The summed E-state index contributed by atoms with van der Waals surface area (Å²) in [5, 5.41) is 3.44. The number of anilines is 1. The highest BCUT2D eigenvalue weighted by Gasteiger charge is 2.19. The molecule has 3 rings (SSSR count). The van der Waals surface area contributed by atoms with Crippen LogP contribution in [-0.4, -0.2) is 12.6 Å². The van der Waals surface area contributed by atoms with E-state index in [1.807, 2.05) is 0 Å². The molecule has 0 aromatic heterocycles. The number of aryl methyl sites for hydroxylation is 2.